The summed E-state index contributed by atoms with van der Waals surface area (Å²) in [5.74, 6) is 0.541. The molecule has 1 spiro atoms. The Morgan fingerprint density at radius 3 is 2.92 bits per heavy atom. The van der Waals surface area contributed by atoms with Gasteiger partial charge < -0.3 is 14.4 Å². The van der Waals surface area contributed by atoms with Gasteiger partial charge >= 0.3 is 12.2 Å². The summed E-state index contributed by atoms with van der Waals surface area (Å²) < 4.78 is 11.1. The standard InChI is InChI=1S/C17H23N3O4/c1-16(2,3)24-15(22)20-10-5-7-17(8-11-20)12-6-4-9-18-13(12)19-14(21)23-17/h4,6,9H,5,7-8,10-11H2,1-3H3,(H,18,19,21)/t17-/m1/s1. The first-order chi connectivity index (χ1) is 11.3. The molecule has 1 aromatic rings. The Labute approximate surface area is 141 Å². The molecular weight excluding hydrogens is 310 g/mol. The lowest BCUT2D eigenvalue weighted by atomic mass is 9.86. The average Bonchev–Trinajstić information content (AvgIpc) is 2.69. The molecule has 0 unspecified atom stereocenters. The molecule has 2 aliphatic heterocycles. The van der Waals surface area contributed by atoms with Crippen LogP contribution in [-0.4, -0.2) is 40.8 Å². The lowest BCUT2D eigenvalue weighted by Gasteiger charge is -2.37. The summed E-state index contributed by atoms with van der Waals surface area (Å²) in [5.41, 5.74) is -0.391. The first-order valence-corrected chi connectivity index (χ1v) is 8.23. The van der Waals surface area contributed by atoms with E-state index in [1.807, 2.05) is 32.9 Å². The van der Waals surface area contributed by atoms with Crippen molar-refractivity contribution in [1.29, 1.82) is 0 Å². The number of amides is 2. The van der Waals surface area contributed by atoms with Crippen molar-refractivity contribution < 1.29 is 19.1 Å². The fourth-order valence-electron chi connectivity index (χ4n) is 3.22. The number of likely N-dealkylation sites (tertiary alicyclic amines) is 1. The summed E-state index contributed by atoms with van der Waals surface area (Å²) in [5, 5.41) is 2.64. The van der Waals surface area contributed by atoms with Gasteiger partial charge in [0.2, 0.25) is 0 Å². The van der Waals surface area contributed by atoms with Crippen LogP contribution in [0.5, 0.6) is 0 Å². The van der Waals surface area contributed by atoms with Crippen LogP contribution in [0.3, 0.4) is 0 Å². The Morgan fingerprint density at radius 1 is 1.38 bits per heavy atom. The zero-order valence-electron chi connectivity index (χ0n) is 14.3. The van der Waals surface area contributed by atoms with Crippen LogP contribution in [0.4, 0.5) is 15.4 Å². The highest BCUT2D eigenvalue weighted by molar-refractivity contribution is 5.87. The van der Waals surface area contributed by atoms with Gasteiger partial charge in [-0.05, 0) is 45.7 Å². The van der Waals surface area contributed by atoms with Gasteiger partial charge in [0.15, 0.2) is 0 Å². The lowest BCUT2D eigenvalue weighted by Crippen LogP contribution is -2.42. The number of nitrogens with one attached hydrogen (secondary N) is 1. The van der Waals surface area contributed by atoms with Gasteiger partial charge in [0.05, 0.1) is 0 Å². The number of ether oxygens (including phenoxy) is 2. The molecule has 1 fully saturated rings. The summed E-state index contributed by atoms with van der Waals surface area (Å²) in [4.78, 5) is 30.2. The Bertz CT molecular complexity index is 655. The van der Waals surface area contributed by atoms with Crippen molar-refractivity contribution in [1.82, 2.24) is 9.88 Å². The number of pyridine rings is 1. The molecule has 0 bridgehead atoms. The van der Waals surface area contributed by atoms with Crippen molar-refractivity contribution in [2.24, 2.45) is 0 Å². The molecule has 0 radical (unpaired) electrons. The maximum Gasteiger partial charge on any atom is 0.413 e. The van der Waals surface area contributed by atoms with E-state index < -0.39 is 17.3 Å². The van der Waals surface area contributed by atoms with Crippen molar-refractivity contribution in [3.63, 3.8) is 0 Å². The number of anilines is 1. The zero-order chi connectivity index (χ0) is 17.4. The summed E-state index contributed by atoms with van der Waals surface area (Å²) in [6.07, 6.45) is 2.72. The third-order valence-electron chi connectivity index (χ3n) is 4.25. The maximum absolute atomic E-state index is 12.3. The number of hydrogen-bond donors (Lipinski definition) is 1. The van der Waals surface area contributed by atoms with Crippen molar-refractivity contribution in [3.05, 3.63) is 23.9 Å². The van der Waals surface area contributed by atoms with Gasteiger partial charge in [-0.2, -0.15) is 0 Å². The van der Waals surface area contributed by atoms with Crippen LogP contribution in [0, 0.1) is 0 Å². The molecule has 0 aromatic carbocycles. The van der Waals surface area contributed by atoms with Crippen LogP contribution in [0.25, 0.3) is 0 Å². The summed E-state index contributed by atoms with van der Waals surface area (Å²) in [6.45, 7) is 6.59. The summed E-state index contributed by atoms with van der Waals surface area (Å²) >= 11 is 0. The number of aromatic nitrogens is 1. The molecule has 3 heterocycles. The Hall–Kier alpha value is -2.31. The molecule has 7 nitrogen and oxygen atoms in total. The molecule has 7 heteroatoms. The first-order valence-electron chi connectivity index (χ1n) is 8.23. The van der Waals surface area contributed by atoms with E-state index in [-0.39, 0.29) is 6.09 Å². The number of hydrogen-bond acceptors (Lipinski definition) is 5. The zero-order valence-corrected chi connectivity index (χ0v) is 14.3. The van der Waals surface area contributed by atoms with Crippen LogP contribution >= 0.6 is 0 Å². The lowest BCUT2D eigenvalue weighted by molar-refractivity contribution is -0.00318. The van der Waals surface area contributed by atoms with Gasteiger partial charge in [-0.3, -0.25) is 5.32 Å². The highest BCUT2D eigenvalue weighted by Crippen LogP contribution is 2.42. The van der Waals surface area contributed by atoms with Gasteiger partial charge in [-0.15, -0.1) is 0 Å². The normalized spacial score (nSPS) is 23.8. The molecule has 3 rings (SSSR count). The molecule has 130 valence electrons. The quantitative estimate of drug-likeness (QED) is 0.788. The molecule has 1 atom stereocenters. The highest BCUT2D eigenvalue weighted by Gasteiger charge is 2.44. The fraction of sp³-hybridized carbons (Fsp3) is 0.588. The Morgan fingerprint density at radius 2 is 2.17 bits per heavy atom. The number of nitrogens with zero attached hydrogens (tertiary/aromatic N) is 2. The van der Waals surface area contributed by atoms with Gasteiger partial charge in [-0.25, -0.2) is 14.6 Å². The summed E-state index contributed by atoms with van der Waals surface area (Å²) in [7, 11) is 0. The number of fused-ring (bicyclic) bond motifs is 2. The smallest absolute Gasteiger partial charge is 0.413 e. The largest absolute Gasteiger partial charge is 0.444 e. The second kappa shape index (κ2) is 5.96. The SMILES string of the molecule is CC(C)(C)OC(=O)N1CCC[C@]2(CC1)OC(=O)Nc1ncccc12. The van der Waals surface area contributed by atoms with Crippen LogP contribution < -0.4 is 5.32 Å². The van der Waals surface area contributed by atoms with Gasteiger partial charge in [0.1, 0.15) is 17.0 Å². The van der Waals surface area contributed by atoms with E-state index in [0.717, 1.165) is 12.0 Å². The van der Waals surface area contributed by atoms with Crippen LogP contribution in [0.15, 0.2) is 18.3 Å². The molecule has 2 aliphatic rings. The van der Waals surface area contributed by atoms with Crippen molar-refractivity contribution >= 4 is 18.0 Å². The third-order valence-corrected chi connectivity index (χ3v) is 4.25. The average molecular weight is 333 g/mol. The van der Waals surface area contributed by atoms with Crippen molar-refractivity contribution in [3.8, 4) is 0 Å². The van der Waals surface area contributed by atoms with Crippen molar-refractivity contribution in [2.75, 3.05) is 18.4 Å². The predicted molar refractivity (Wildman–Crippen MR) is 87.7 cm³/mol. The summed E-state index contributed by atoms with van der Waals surface area (Å²) in [6, 6.07) is 3.75. The van der Waals surface area contributed by atoms with E-state index in [1.165, 1.54) is 0 Å². The molecular formula is C17H23N3O4. The second-order valence-electron chi connectivity index (χ2n) is 7.23. The van der Waals surface area contributed by atoms with E-state index >= 15 is 0 Å². The van der Waals surface area contributed by atoms with Gasteiger partial charge in [0, 0.05) is 31.3 Å². The first kappa shape index (κ1) is 16.5. The van der Waals surface area contributed by atoms with E-state index in [9.17, 15) is 9.59 Å². The van der Waals surface area contributed by atoms with Gasteiger partial charge in [-0.1, -0.05) is 0 Å². The fourth-order valence-corrected chi connectivity index (χ4v) is 3.22. The molecule has 1 saturated heterocycles. The number of carbonyl (C=O) groups excluding carboxylic acids is 2. The third kappa shape index (κ3) is 3.29. The second-order valence-corrected chi connectivity index (χ2v) is 7.23. The Kier molecular flexibility index (Phi) is 4.11. The van der Waals surface area contributed by atoms with E-state index in [2.05, 4.69) is 10.3 Å². The number of carbonyl (C=O) groups is 2. The molecule has 0 saturated carbocycles. The van der Waals surface area contributed by atoms with Crippen LogP contribution in [-0.2, 0) is 15.1 Å². The maximum atomic E-state index is 12.3. The minimum Gasteiger partial charge on any atom is -0.444 e. The molecule has 2 amide bonds. The molecule has 0 aliphatic carbocycles. The number of rotatable bonds is 0. The van der Waals surface area contributed by atoms with E-state index in [4.69, 9.17) is 9.47 Å². The highest BCUT2D eigenvalue weighted by atomic mass is 16.6. The molecule has 24 heavy (non-hydrogen) atoms. The predicted octanol–water partition coefficient (Wildman–Crippen LogP) is 3.26. The van der Waals surface area contributed by atoms with Gasteiger partial charge in [0.25, 0.3) is 0 Å². The minimum atomic E-state index is -0.733. The van der Waals surface area contributed by atoms with E-state index in [1.54, 1.807) is 11.1 Å². The van der Waals surface area contributed by atoms with Crippen molar-refractivity contribution in [2.45, 2.75) is 51.2 Å². The minimum absolute atomic E-state index is 0.328. The van der Waals surface area contributed by atoms with E-state index in [0.29, 0.717) is 31.7 Å². The molecule has 1 aromatic heterocycles. The monoisotopic (exact) mass is 333 g/mol. The van der Waals surface area contributed by atoms with Crippen LogP contribution in [0.1, 0.15) is 45.6 Å². The van der Waals surface area contributed by atoms with Crippen LogP contribution in [0.2, 0.25) is 0 Å². The molecule has 1 N–H and O–H groups in total. The Balaban J connectivity index is 1.80. The topological polar surface area (TPSA) is 80.8 Å².